The molecule has 0 amide bonds. The van der Waals surface area contributed by atoms with Crippen molar-refractivity contribution in [3.05, 3.63) is 36.0 Å². The quantitative estimate of drug-likeness (QED) is 0.423. The molecule has 0 spiro atoms. The second-order valence-electron chi connectivity index (χ2n) is 2.49. The first kappa shape index (κ1) is 11.8. The van der Waals surface area contributed by atoms with Gasteiger partial charge in [-0.15, -0.1) is 6.61 Å². The summed E-state index contributed by atoms with van der Waals surface area (Å²) in [7, 11) is 0. The molecular weight excluding hydrogens is 163 g/mol. The van der Waals surface area contributed by atoms with Gasteiger partial charge < -0.3 is 5.11 Å². The topological polar surface area (TPSA) is 23.1 Å². The minimum atomic E-state index is -0.117. The van der Waals surface area contributed by atoms with Crippen molar-refractivity contribution < 1.29 is 56.5 Å². The van der Waals surface area contributed by atoms with Gasteiger partial charge in [0, 0.05) is 0 Å². The summed E-state index contributed by atoms with van der Waals surface area (Å²) >= 11 is 0. The van der Waals surface area contributed by atoms with Crippen LogP contribution in [-0.4, -0.2) is 6.61 Å². The van der Waals surface area contributed by atoms with Crippen LogP contribution < -0.4 is 56.5 Å². The maximum absolute atomic E-state index is 10.4. The van der Waals surface area contributed by atoms with E-state index in [0.717, 1.165) is 5.57 Å². The van der Waals surface area contributed by atoms with E-state index in [1.165, 1.54) is 0 Å². The molecule has 54 valence electrons. The van der Waals surface area contributed by atoms with Crippen molar-refractivity contribution in [3.63, 3.8) is 0 Å². The SMILES string of the molecule is CC1C=CC=C(C[O-])C=C1.[K+]. The van der Waals surface area contributed by atoms with Gasteiger partial charge in [0.2, 0.25) is 0 Å². The Kier molecular flexibility index (Phi) is 6.82. The van der Waals surface area contributed by atoms with Gasteiger partial charge in [-0.2, -0.15) is 0 Å². The van der Waals surface area contributed by atoms with Crippen molar-refractivity contribution in [2.75, 3.05) is 6.61 Å². The predicted molar refractivity (Wildman–Crippen MR) is 40.4 cm³/mol. The van der Waals surface area contributed by atoms with E-state index >= 15 is 0 Å². The van der Waals surface area contributed by atoms with Gasteiger partial charge in [-0.05, 0) is 5.92 Å². The molecule has 2 heteroatoms. The van der Waals surface area contributed by atoms with E-state index < -0.39 is 0 Å². The van der Waals surface area contributed by atoms with Gasteiger partial charge in [0.15, 0.2) is 0 Å². The summed E-state index contributed by atoms with van der Waals surface area (Å²) in [4.78, 5) is 0. The van der Waals surface area contributed by atoms with Crippen LogP contribution in [0.25, 0.3) is 0 Å². The number of rotatable bonds is 1. The van der Waals surface area contributed by atoms with Gasteiger partial charge in [-0.3, -0.25) is 0 Å². The smallest absolute Gasteiger partial charge is 0.851 e. The maximum Gasteiger partial charge on any atom is 1.00 e. The van der Waals surface area contributed by atoms with Crippen LogP contribution in [0.2, 0.25) is 0 Å². The van der Waals surface area contributed by atoms with E-state index in [1.807, 2.05) is 24.3 Å². The molecule has 11 heavy (non-hydrogen) atoms. The van der Waals surface area contributed by atoms with E-state index in [4.69, 9.17) is 0 Å². The summed E-state index contributed by atoms with van der Waals surface area (Å²) < 4.78 is 0. The van der Waals surface area contributed by atoms with E-state index in [0.29, 0.717) is 5.92 Å². The standard InChI is InChI=1S/C9H11O.K/c1-8-3-2-4-9(7-10)6-5-8;/h2-6,8H,7H2,1H3;/q-1;+1. The fraction of sp³-hybridized carbons (Fsp3) is 0.333. The molecule has 0 fully saturated rings. The number of allylic oxidation sites excluding steroid dienone is 4. The zero-order chi connectivity index (χ0) is 7.40. The molecule has 1 nitrogen and oxygen atoms in total. The normalized spacial score (nSPS) is 22.0. The van der Waals surface area contributed by atoms with Crippen molar-refractivity contribution in [1.82, 2.24) is 0 Å². The summed E-state index contributed by atoms with van der Waals surface area (Å²) in [6.07, 6.45) is 9.81. The zero-order valence-corrected chi connectivity index (χ0v) is 10.2. The Hall–Kier alpha value is 0.816. The largest absolute Gasteiger partial charge is 1.00 e. The first-order chi connectivity index (χ1) is 4.83. The summed E-state index contributed by atoms with van der Waals surface area (Å²) in [5, 5.41) is 10.4. The summed E-state index contributed by atoms with van der Waals surface area (Å²) in [6.45, 7) is 1.97. The van der Waals surface area contributed by atoms with Crippen LogP contribution in [0.5, 0.6) is 0 Å². The molecule has 1 aliphatic carbocycles. The molecule has 0 N–H and O–H groups in total. The molecule has 1 aliphatic rings. The first-order valence-electron chi connectivity index (χ1n) is 3.46. The van der Waals surface area contributed by atoms with Crippen molar-refractivity contribution in [2.24, 2.45) is 5.92 Å². The second kappa shape index (κ2) is 6.35. The van der Waals surface area contributed by atoms with Crippen LogP contribution >= 0.6 is 0 Å². The van der Waals surface area contributed by atoms with Gasteiger partial charge in [0.05, 0.1) is 0 Å². The third-order valence-corrected chi connectivity index (χ3v) is 1.51. The summed E-state index contributed by atoms with van der Waals surface area (Å²) in [5.41, 5.74) is 0.862. The second-order valence-corrected chi connectivity index (χ2v) is 2.49. The monoisotopic (exact) mass is 174 g/mol. The number of hydrogen-bond acceptors (Lipinski definition) is 1. The van der Waals surface area contributed by atoms with Crippen molar-refractivity contribution in [1.29, 1.82) is 0 Å². The van der Waals surface area contributed by atoms with Crippen molar-refractivity contribution in [2.45, 2.75) is 6.92 Å². The van der Waals surface area contributed by atoms with E-state index in [1.54, 1.807) is 0 Å². The minimum absolute atomic E-state index is 0. The van der Waals surface area contributed by atoms with E-state index in [2.05, 4.69) is 13.0 Å². The van der Waals surface area contributed by atoms with Gasteiger partial charge in [0.1, 0.15) is 0 Å². The molecule has 0 aromatic rings. The van der Waals surface area contributed by atoms with Crippen molar-refractivity contribution >= 4 is 0 Å². The molecule has 0 aromatic heterocycles. The van der Waals surface area contributed by atoms with Crippen LogP contribution in [0, 0.1) is 5.92 Å². The summed E-state index contributed by atoms with van der Waals surface area (Å²) in [5.74, 6) is 0.459. The van der Waals surface area contributed by atoms with Gasteiger partial charge in [-0.1, -0.05) is 42.9 Å². The fourth-order valence-corrected chi connectivity index (χ4v) is 0.846. The maximum atomic E-state index is 10.4. The molecule has 0 saturated carbocycles. The van der Waals surface area contributed by atoms with Gasteiger partial charge >= 0.3 is 51.4 Å². The Morgan fingerprint density at radius 1 is 1.45 bits per heavy atom. The van der Waals surface area contributed by atoms with E-state index in [-0.39, 0.29) is 58.0 Å². The third kappa shape index (κ3) is 4.40. The molecular formula is C9H11KO. The Morgan fingerprint density at radius 3 is 2.82 bits per heavy atom. The predicted octanol–water partition coefficient (Wildman–Crippen LogP) is -1.96. The Bertz CT molecular complexity index is 192. The minimum Gasteiger partial charge on any atom is -0.851 e. The van der Waals surface area contributed by atoms with Crippen LogP contribution in [0.3, 0.4) is 0 Å². The van der Waals surface area contributed by atoms with Crippen LogP contribution in [0.1, 0.15) is 6.92 Å². The van der Waals surface area contributed by atoms with Crippen molar-refractivity contribution in [3.8, 4) is 0 Å². The average Bonchev–Trinajstić information content (AvgIpc) is 2.14. The Balaban J connectivity index is 0.000001000. The molecule has 1 unspecified atom stereocenters. The molecule has 0 saturated heterocycles. The van der Waals surface area contributed by atoms with E-state index in [9.17, 15) is 5.11 Å². The first-order valence-corrected chi connectivity index (χ1v) is 3.46. The fourth-order valence-electron chi connectivity index (χ4n) is 0.846. The number of hydrogen-bond donors (Lipinski definition) is 0. The summed E-state index contributed by atoms with van der Waals surface area (Å²) in [6, 6.07) is 0. The molecule has 0 aliphatic heterocycles. The zero-order valence-electron chi connectivity index (χ0n) is 7.08. The molecule has 0 aromatic carbocycles. The van der Waals surface area contributed by atoms with Crippen LogP contribution in [-0.2, 0) is 0 Å². The molecule has 0 bridgehead atoms. The van der Waals surface area contributed by atoms with Gasteiger partial charge in [0.25, 0.3) is 0 Å². The molecule has 0 heterocycles. The van der Waals surface area contributed by atoms with Crippen LogP contribution in [0.15, 0.2) is 36.0 Å². The molecule has 1 rings (SSSR count). The van der Waals surface area contributed by atoms with Gasteiger partial charge in [-0.25, -0.2) is 0 Å². The molecule has 1 atom stereocenters. The average molecular weight is 174 g/mol. The third-order valence-electron chi connectivity index (χ3n) is 1.51. The Morgan fingerprint density at radius 2 is 2.18 bits per heavy atom. The Labute approximate surface area is 110 Å². The molecule has 0 radical (unpaired) electrons. The van der Waals surface area contributed by atoms with Crippen LogP contribution in [0.4, 0.5) is 0 Å².